The number of benzene rings is 1. The van der Waals surface area contributed by atoms with Crippen molar-refractivity contribution in [1.82, 2.24) is 10.3 Å². The lowest BCUT2D eigenvalue weighted by molar-refractivity contribution is 0.589. The van der Waals surface area contributed by atoms with Crippen molar-refractivity contribution >= 4 is 12.2 Å². The average molecular weight is 204 g/mol. The maximum Gasteiger partial charge on any atom is 0.213 e. The van der Waals surface area contributed by atoms with Crippen LogP contribution in [0.1, 0.15) is 5.56 Å². The van der Waals surface area contributed by atoms with Gasteiger partial charge in [0.1, 0.15) is 0 Å². The van der Waals surface area contributed by atoms with Crippen molar-refractivity contribution in [1.29, 1.82) is 0 Å². The average Bonchev–Trinajstić information content (AvgIpc) is 2.25. The molecule has 1 aromatic carbocycles. The number of hydrogen-bond donors (Lipinski definition) is 1. The van der Waals surface area contributed by atoms with Crippen LogP contribution in [0.4, 0.5) is 0 Å². The van der Waals surface area contributed by atoms with Gasteiger partial charge in [0.2, 0.25) is 5.96 Å². The molecule has 0 aromatic heterocycles. The van der Waals surface area contributed by atoms with Crippen LogP contribution in [0.15, 0.2) is 40.4 Å². The predicted octanol–water partition coefficient (Wildman–Crippen LogP) is 1.16. The van der Waals surface area contributed by atoms with Gasteiger partial charge in [0.15, 0.2) is 0 Å². The molecule has 15 heavy (non-hydrogen) atoms. The molecule has 1 rings (SSSR count). The minimum atomic E-state index is 0.724. The maximum absolute atomic E-state index is 4.09. The molecule has 0 saturated heterocycles. The minimum Gasteiger partial charge on any atom is -0.348 e. The highest BCUT2D eigenvalue weighted by atomic mass is 15.4. The molecule has 0 radical (unpaired) electrons. The zero-order valence-electron chi connectivity index (χ0n) is 9.31. The van der Waals surface area contributed by atoms with Crippen molar-refractivity contribution in [2.24, 2.45) is 10.1 Å². The standard InChI is InChI=1S/C11H16N4/c1-12-11(15(2)3)14-13-9-10-7-5-4-6-8-10/h4-9H,1-3H3,(H,12,14)/b13-9-. The van der Waals surface area contributed by atoms with E-state index < -0.39 is 0 Å². The van der Waals surface area contributed by atoms with E-state index in [0.29, 0.717) is 0 Å². The van der Waals surface area contributed by atoms with E-state index in [1.165, 1.54) is 0 Å². The summed E-state index contributed by atoms with van der Waals surface area (Å²) in [5.41, 5.74) is 3.92. The van der Waals surface area contributed by atoms with E-state index in [-0.39, 0.29) is 0 Å². The first kappa shape index (κ1) is 11.2. The molecular formula is C11H16N4. The van der Waals surface area contributed by atoms with Crippen LogP contribution < -0.4 is 5.43 Å². The summed E-state index contributed by atoms with van der Waals surface area (Å²) in [5.74, 6) is 0.724. The normalized spacial score (nSPS) is 11.8. The Morgan fingerprint density at radius 2 is 1.93 bits per heavy atom. The van der Waals surface area contributed by atoms with Crippen LogP contribution in [0.25, 0.3) is 0 Å². The highest BCUT2D eigenvalue weighted by Crippen LogP contribution is 1.93. The van der Waals surface area contributed by atoms with E-state index in [1.54, 1.807) is 13.3 Å². The molecule has 4 heteroatoms. The summed E-state index contributed by atoms with van der Waals surface area (Å²) in [6, 6.07) is 9.90. The van der Waals surface area contributed by atoms with Crippen LogP contribution >= 0.6 is 0 Å². The summed E-state index contributed by atoms with van der Waals surface area (Å²) in [6.45, 7) is 0. The van der Waals surface area contributed by atoms with Crippen molar-refractivity contribution < 1.29 is 0 Å². The largest absolute Gasteiger partial charge is 0.348 e. The second-order valence-corrected chi connectivity index (χ2v) is 3.22. The van der Waals surface area contributed by atoms with Crippen LogP contribution in [0, 0.1) is 0 Å². The molecule has 0 unspecified atom stereocenters. The molecule has 0 aliphatic rings. The summed E-state index contributed by atoms with van der Waals surface area (Å²) in [4.78, 5) is 5.90. The highest BCUT2D eigenvalue weighted by molar-refractivity contribution is 5.83. The maximum atomic E-state index is 4.09. The molecule has 0 fully saturated rings. The van der Waals surface area contributed by atoms with Gasteiger partial charge in [-0.15, -0.1) is 0 Å². The van der Waals surface area contributed by atoms with Crippen LogP contribution in [-0.2, 0) is 0 Å². The molecule has 4 nitrogen and oxygen atoms in total. The van der Waals surface area contributed by atoms with Crippen LogP contribution in [0.2, 0.25) is 0 Å². The Labute approximate surface area is 90.3 Å². The molecule has 0 atom stereocenters. The third-order valence-corrected chi connectivity index (χ3v) is 1.81. The van der Waals surface area contributed by atoms with Gasteiger partial charge in [0, 0.05) is 21.1 Å². The number of guanidine groups is 1. The Morgan fingerprint density at radius 3 is 2.47 bits per heavy atom. The van der Waals surface area contributed by atoms with Gasteiger partial charge in [-0.05, 0) is 5.56 Å². The fraction of sp³-hybridized carbons (Fsp3) is 0.273. The molecule has 80 valence electrons. The van der Waals surface area contributed by atoms with Gasteiger partial charge in [0.25, 0.3) is 0 Å². The van der Waals surface area contributed by atoms with E-state index in [2.05, 4.69) is 15.5 Å². The zero-order chi connectivity index (χ0) is 11.1. The number of hydrazone groups is 1. The fourth-order valence-electron chi connectivity index (χ4n) is 1.05. The van der Waals surface area contributed by atoms with Crippen molar-refractivity contribution in [3.63, 3.8) is 0 Å². The van der Waals surface area contributed by atoms with E-state index in [4.69, 9.17) is 0 Å². The minimum absolute atomic E-state index is 0.724. The quantitative estimate of drug-likeness (QED) is 0.446. The van der Waals surface area contributed by atoms with Gasteiger partial charge in [-0.2, -0.15) is 5.10 Å². The van der Waals surface area contributed by atoms with Gasteiger partial charge in [-0.25, -0.2) is 5.43 Å². The lowest BCUT2D eigenvalue weighted by Crippen LogP contribution is -2.33. The number of hydrogen-bond acceptors (Lipinski definition) is 2. The number of nitrogens with zero attached hydrogens (tertiary/aromatic N) is 3. The Morgan fingerprint density at radius 1 is 1.27 bits per heavy atom. The molecule has 0 amide bonds. The van der Waals surface area contributed by atoms with Gasteiger partial charge in [-0.1, -0.05) is 30.3 Å². The predicted molar refractivity (Wildman–Crippen MR) is 64.2 cm³/mol. The first-order chi connectivity index (χ1) is 7.24. The van der Waals surface area contributed by atoms with Crippen molar-refractivity contribution in [2.75, 3.05) is 21.1 Å². The smallest absolute Gasteiger partial charge is 0.213 e. The van der Waals surface area contributed by atoms with Gasteiger partial charge in [-0.3, -0.25) is 4.99 Å². The molecule has 0 saturated carbocycles. The number of rotatable bonds is 2. The van der Waals surface area contributed by atoms with E-state index >= 15 is 0 Å². The molecule has 0 spiro atoms. The van der Waals surface area contributed by atoms with Crippen LogP contribution in [0.3, 0.4) is 0 Å². The molecule has 1 N–H and O–H groups in total. The Balaban J connectivity index is 2.54. The van der Waals surface area contributed by atoms with Gasteiger partial charge < -0.3 is 4.90 Å². The first-order valence-corrected chi connectivity index (χ1v) is 4.72. The topological polar surface area (TPSA) is 40.0 Å². The summed E-state index contributed by atoms with van der Waals surface area (Å²) in [7, 11) is 5.54. The Kier molecular flexibility index (Phi) is 4.34. The fourth-order valence-corrected chi connectivity index (χ4v) is 1.05. The second kappa shape index (κ2) is 5.80. The lowest BCUT2D eigenvalue weighted by Gasteiger charge is -2.13. The number of aliphatic imine (C=N–C) groups is 1. The Bertz CT molecular complexity index is 341. The van der Waals surface area contributed by atoms with Gasteiger partial charge >= 0.3 is 0 Å². The van der Waals surface area contributed by atoms with Crippen molar-refractivity contribution in [3.8, 4) is 0 Å². The first-order valence-electron chi connectivity index (χ1n) is 4.72. The molecule has 0 heterocycles. The number of nitrogens with one attached hydrogen (secondary N) is 1. The molecular weight excluding hydrogens is 188 g/mol. The van der Waals surface area contributed by atoms with Gasteiger partial charge in [0.05, 0.1) is 6.21 Å². The summed E-state index contributed by atoms with van der Waals surface area (Å²) >= 11 is 0. The molecule has 0 bridgehead atoms. The van der Waals surface area contributed by atoms with Crippen LogP contribution in [0.5, 0.6) is 0 Å². The highest BCUT2D eigenvalue weighted by Gasteiger charge is 1.95. The van der Waals surface area contributed by atoms with Crippen molar-refractivity contribution in [3.05, 3.63) is 35.9 Å². The van der Waals surface area contributed by atoms with Crippen LogP contribution in [-0.4, -0.2) is 38.2 Å². The third-order valence-electron chi connectivity index (χ3n) is 1.81. The third kappa shape index (κ3) is 3.81. The zero-order valence-corrected chi connectivity index (χ0v) is 9.31. The molecule has 0 aliphatic carbocycles. The van der Waals surface area contributed by atoms with E-state index in [9.17, 15) is 0 Å². The SMILES string of the molecule is CN=C(N/N=C\c1ccccc1)N(C)C. The summed E-state index contributed by atoms with van der Waals surface area (Å²) in [6.07, 6.45) is 1.76. The van der Waals surface area contributed by atoms with E-state index in [1.807, 2.05) is 49.3 Å². The summed E-state index contributed by atoms with van der Waals surface area (Å²) in [5, 5.41) is 4.09. The van der Waals surface area contributed by atoms with E-state index in [0.717, 1.165) is 11.5 Å². The monoisotopic (exact) mass is 204 g/mol. The summed E-state index contributed by atoms with van der Waals surface area (Å²) < 4.78 is 0. The second-order valence-electron chi connectivity index (χ2n) is 3.22. The Hall–Kier alpha value is -1.84. The van der Waals surface area contributed by atoms with Crippen molar-refractivity contribution in [2.45, 2.75) is 0 Å². The molecule has 0 aliphatic heterocycles. The lowest BCUT2D eigenvalue weighted by atomic mass is 10.2. The molecule has 1 aromatic rings.